The summed E-state index contributed by atoms with van der Waals surface area (Å²) in [7, 11) is 1.37. The molecule has 1 aliphatic heterocycles. The fourth-order valence-electron chi connectivity index (χ4n) is 2.31. The summed E-state index contributed by atoms with van der Waals surface area (Å²) in [6.07, 6.45) is 1.16. The van der Waals surface area contributed by atoms with E-state index in [2.05, 4.69) is 9.64 Å². The normalized spacial score (nSPS) is 15.5. The van der Waals surface area contributed by atoms with Crippen molar-refractivity contribution in [2.45, 2.75) is 12.8 Å². The summed E-state index contributed by atoms with van der Waals surface area (Å²) in [5.41, 5.74) is 0.817. The highest BCUT2D eigenvalue weighted by atomic mass is 35.5. The number of rotatable bonds is 7. The Morgan fingerprint density at radius 3 is 2.82 bits per heavy atom. The van der Waals surface area contributed by atoms with Crippen LogP contribution in [0, 0.1) is 0 Å². The molecule has 122 valence electrons. The summed E-state index contributed by atoms with van der Waals surface area (Å²) in [6.45, 7) is 5.23. The topological polar surface area (TPSA) is 48.0 Å². The van der Waals surface area contributed by atoms with E-state index in [1.807, 2.05) is 6.07 Å². The number of carbonyl (C=O) groups excluding carboxylic acids is 1. The fraction of sp³-hybridized carbons (Fsp3) is 0.562. The van der Waals surface area contributed by atoms with Crippen molar-refractivity contribution in [2.75, 3.05) is 46.6 Å². The van der Waals surface area contributed by atoms with Gasteiger partial charge < -0.3 is 14.2 Å². The summed E-state index contributed by atoms with van der Waals surface area (Å²) in [5, 5.41) is 0.521. The van der Waals surface area contributed by atoms with Gasteiger partial charge in [-0.3, -0.25) is 9.69 Å². The molecule has 1 fully saturated rings. The molecule has 1 aromatic carbocycles. The molecule has 0 spiro atoms. The lowest BCUT2D eigenvalue weighted by molar-refractivity contribution is -0.139. The van der Waals surface area contributed by atoms with Gasteiger partial charge in [-0.1, -0.05) is 17.7 Å². The largest absolute Gasteiger partial charge is 0.492 e. The molecule has 1 saturated heterocycles. The van der Waals surface area contributed by atoms with Gasteiger partial charge in [0, 0.05) is 19.6 Å². The molecule has 0 radical (unpaired) electrons. The summed E-state index contributed by atoms with van der Waals surface area (Å²) < 4.78 is 15.7. The van der Waals surface area contributed by atoms with Crippen molar-refractivity contribution in [1.82, 2.24) is 4.90 Å². The molecule has 1 aromatic rings. The molecule has 2 rings (SSSR count). The van der Waals surface area contributed by atoms with Crippen molar-refractivity contribution in [2.24, 2.45) is 0 Å². The molecular formula is C16H22ClNO4. The molecule has 0 bridgehead atoms. The predicted octanol–water partition coefficient (Wildman–Crippen LogP) is 2.16. The Bertz CT molecular complexity index is 489. The number of hydrogen-bond acceptors (Lipinski definition) is 5. The lowest BCUT2D eigenvalue weighted by Gasteiger charge is -2.26. The van der Waals surface area contributed by atoms with Gasteiger partial charge in [-0.2, -0.15) is 0 Å². The third-order valence-electron chi connectivity index (χ3n) is 3.55. The van der Waals surface area contributed by atoms with Crippen LogP contribution in [0.4, 0.5) is 0 Å². The van der Waals surface area contributed by atoms with Gasteiger partial charge in [0.2, 0.25) is 0 Å². The van der Waals surface area contributed by atoms with Crippen molar-refractivity contribution >= 4 is 17.6 Å². The Morgan fingerprint density at radius 1 is 1.36 bits per heavy atom. The van der Waals surface area contributed by atoms with Crippen LogP contribution in [-0.4, -0.2) is 57.4 Å². The molecule has 6 heteroatoms. The summed E-state index contributed by atoms with van der Waals surface area (Å²) in [4.78, 5) is 13.6. The third kappa shape index (κ3) is 5.48. The average Bonchev–Trinajstić information content (AvgIpc) is 2.54. The number of methoxy groups -OCH3 is 1. The number of benzene rings is 1. The molecule has 0 amide bonds. The lowest BCUT2D eigenvalue weighted by atomic mass is 10.1. The second-order valence-corrected chi connectivity index (χ2v) is 5.58. The van der Waals surface area contributed by atoms with Crippen molar-refractivity contribution in [3.63, 3.8) is 0 Å². The number of esters is 1. The quantitative estimate of drug-likeness (QED) is 0.567. The highest BCUT2D eigenvalue weighted by Gasteiger charge is 2.10. The maximum absolute atomic E-state index is 11.2. The highest BCUT2D eigenvalue weighted by Crippen LogP contribution is 2.26. The van der Waals surface area contributed by atoms with E-state index in [0.717, 1.165) is 44.8 Å². The first-order chi connectivity index (χ1) is 10.7. The van der Waals surface area contributed by atoms with Gasteiger partial charge in [-0.25, -0.2) is 0 Å². The van der Waals surface area contributed by atoms with Gasteiger partial charge >= 0.3 is 5.97 Å². The van der Waals surface area contributed by atoms with E-state index in [9.17, 15) is 4.79 Å². The van der Waals surface area contributed by atoms with Gasteiger partial charge in [0.1, 0.15) is 5.75 Å². The molecule has 0 aromatic heterocycles. The molecule has 1 heterocycles. The summed E-state index contributed by atoms with van der Waals surface area (Å²) in [5.74, 6) is 0.368. The van der Waals surface area contributed by atoms with Crippen molar-refractivity contribution < 1.29 is 19.0 Å². The van der Waals surface area contributed by atoms with E-state index in [1.54, 1.807) is 12.1 Å². The Hall–Kier alpha value is -1.30. The smallest absolute Gasteiger partial charge is 0.309 e. The van der Waals surface area contributed by atoms with Crippen LogP contribution < -0.4 is 4.74 Å². The van der Waals surface area contributed by atoms with Crippen LogP contribution in [0.2, 0.25) is 5.02 Å². The minimum atomic E-state index is -0.282. The Kier molecular flexibility index (Phi) is 6.96. The first-order valence-corrected chi connectivity index (χ1v) is 7.85. The van der Waals surface area contributed by atoms with E-state index in [4.69, 9.17) is 21.1 Å². The number of halogens is 1. The highest BCUT2D eigenvalue weighted by molar-refractivity contribution is 6.32. The second-order valence-electron chi connectivity index (χ2n) is 5.17. The Balaban J connectivity index is 1.74. The van der Waals surface area contributed by atoms with Crippen LogP contribution in [-0.2, 0) is 20.7 Å². The molecular weight excluding hydrogens is 306 g/mol. The monoisotopic (exact) mass is 327 g/mol. The summed E-state index contributed by atoms with van der Waals surface area (Å²) in [6, 6.07) is 5.38. The molecule has 0 saturated carbocycles. The molecule has 0 N–H and O–H groups in total. The van der Waals surface area contributed by atoms with Crippen LogP contribution in [0.1, 0.15) is 12.0 Å². The average molecular weight is 328 g/mol. The standard InChI is InChI=1S/C16H22ClNO4/c1-20-16(19)12-13-3-4-15(14(17)11-13)22-8-2-5-18-6-9-21-10-7-18/h3-4,11H,2,5-10,12H2,1H3. The number of ether oxygens (including phenoxy) is 3. The number of nitrogens with zero attached hydrogens (tertiary/aromatic N) is 1. The zero-order chi connectivity index (χ0) is 15.8. The van der Waals surface area contributed by atoms with E-state index in [-0.39, 0.29) is 12.4 Å². The van der Waals surface area contributed by atoms with E-state index < -0.39 is 0 Å². The van der Waals surface area contributed by atoms with E-state index in [0.29, 0.717) is 17.4 Å². The van der Waals surface area contributed by atoms with Crippen molar-refractivity contribution in [3.05, 3.63) is 28.8 Å². The van der Waals surface area contributed by atoms with Crippen LogP contribution >= 0.6 is 11.6 Å². The first kappa shape index (κ1) is 17.1. The SMILES string of the molecule is COC(=O)Cc1ccc(OCCCN2CCOCC2)c(Cl)c1. The minimum absolute atomic E-state index is 0.216. The van der Waals surface area contributed by atoms with Crippen LogP contribution in [0.3, 0.4) is 0 Å². The zero-order valence-corrected chi connectivity index (χ0v) is 13.6. The van der Waals surface area contributed by atoms with Crippen molar-refractivity contribution in [3.8, 4) is 5.75 Å². The van der Waals surface area contributed by atoms with Gasteiger partial charge in [-0.05, 0) is 24.1 Å². The van der Waals surface area contributed by atoms with Gasteiger partial charge in [0.15, 0.2) is 0 Å². The van der Waals surface area contributed by atoms with E-state index in [1.165, 1.54) is 7.11 Å². The molecule has 22 heavy (non-hydrogen) atoms. The number of morpholine rings is 1. The van der Waals surface area contributed by atoms with Crippen molar-refractivity contribution in [1.29, 1.82) is 0 Å². The number of hydrogen-bond donors (Lipinski definition) is 0. The molecule has 1 aliphatic rings. The van der Waals surface area contributed by atoms with Crippen LogP contribution in [0.5, 0.6) is 5.75 Å². The second kappa shape index (κ2) is 8.98. The molecule has 0 unspecified atom stereocenters. The first-order valence-electron chi connectivity index (χ1n) is 7.47. The van der Waals surface area contributed by atoms with Gasteiger partial charge in [-0.15, -0.1) is 0 Å². The predicted molar refractivity (Wildman–Crippen MR) is 84.5 cm³/mol. The Labute approximate surface area is 136 Å². The molecule has 0 atom stereocenters. The van der Waals surface area contributed by atoms with Crippen LogP contribution in [0.25, 0.3) is 0 Å². The molecule has 5 nitrogen and oxygen atoms in total. The lowest BCUT2D eigenvalue weighted by Crippen LogP contribution is -2.37. The summed E-state index contributed by atoms with van der Waals surface area (Å²) >= 11 is 6.18. The maximum Gasteiger partial charge on any atom is 0.309 e. The maximum atomic E-state index is 11.2. The van der Waals surface area contributed by atoms with Gasteiger partial charge in [0.25, 0.3) is 0 Å². The zero-order valence-electron chi connectivity index (χ0n) is 12.8. The minimum Gasteiger partial charge on any atom is -0.492 e. The third-order valence-corrected chi connectivity index (χ3v) is 3.85. The fourth-order valence-corrected chi connectivity index (χ4v) is 2.56. The van der Waals surface area contributed by atoms with Gasteiger partial charge in [0.05, 0.1) is 38.4 Å². The van der Waals surface area contributed by atoms with E-state index >= 15 is 0 Å². The van der Waals surface area contributed by atoms with Crippen LogP contribution in [0.15, 0.2) is 18.2 Å². The Morgan fingerprint density at radius 2 is 2.14 bits per heavy atom. The molecule has 0 aliphatic carbocycles. The number of carbonyl (C=O) groups is 1.